The van der Waals surface area contributed by atoms with E-state index in [0.29, 0.717) is 19.8 Å². The molecule has 0 saturated carbocycles. The lowest BCUT2D eigenvalue weighted by Gasteiger charge is -2.13. The highest BCUT2D eigenvalue weighted by Crippen LogP contribution is 2.24. The van der Waals surface area contributed by atoms with E-state index < -0.39 is 0 Å². The number of hydrogen-bond donors (Lipinski definition) is 1. The Balaban J connectivity index is 2.53. The number of aliphatic hydroxyl groups excluding tert-OH is 1. The Hall–Kier alpha value is -1.06. The fourth-order valence-corrected chi connectivity index (χ4v) is 1.84. The van der Waals surface area contributed by atoms with Crippen molar-refractivity contribution in [2.24, 2.45) is 0 Å². The predicted octanol–water partition coefficient (Wildman–Crippen LogP) is 2.25. The molecule has 96 valence electrons. The van der Waals surface area contributed by atoms with Gasteiger partial charge in [-0.25, -0.2) is 0 Å². The maximum Gasteiger partial charge on any atom is 0.125 e. The average Bonchev–Trinajstić information content (AvgIpc) is 2.31. The van der Waals surface area contributed by atoms with Gasteiger partial charge in [0.1, 0.15) is 12.4 Å². The summed E-state index contributed by atoms with van der Waals surface area (Å²) in [5.41, 5.74) is 3.68. The molecule has 0 atom stereocenters. The van der Waals surface area contributed by atoms with Gasteiger partial charge in [0.15, 0.2) is 0 Å². The number of hydrogen-bond acceptors (Lipinski definition) is 3. The number of benzene rings is 1. The van der Waals surface area contributed by atoms with Crippen LogP contribution >= 0.6 is 0 Å². The third-order valence-electron chi connectivity index (χ3n) is 2.64. The summed E-state index contributed by atoms with van der Waals surface area (Å²) in [6, 6.07) is 4.33. The predicted molar refractivity (Wildman–Crippen MR) is 68.7 cm³/mol. The summed E-state index contributed by atoms with van der Waals surface area (Å²) in [5.74, 6) is 0.954. The quantitative estimate of drug-likeness (QED) is 0.740. The van der Waals surface area contributed by atoms with Crippen LogP contribution in [-0.4, -0.2) is 31.5 Å². The molecule has 0 saturated heterocycles. The van der Waals surface area contributed by atoms with E-state index >= 15 is 0 Å². The molecule has 1 N–H and O–H groups in total. The molecule has 0 aliphatic heterocycles. The van der Waals surface area contributed by atoms with Crippen LogP contribution in [0.2, 0.25) is 0 Å². The van der Waals surface area contributed by atoms with Gasteiger partial charge in [0.05, 0.1) is 19.8 Å². The van der Waals surface area contributed by atoms with Crippen molar-refractivity contribution >= 4 is 0 Å². The van der Waals surface area contributed by atoms with E-state index in [0.717, 1.165) is 12.2 Å². The van der Waals surface area contributed by atoms with E-state index in [4.69, 9.17) is 14.6 Å². The van der Waals surface area contributed by atoms with Crippen LogP contribution in [0.15, 0.2) is 12.1 Å². The van der Waals surface area contributed by atoms with Crippen LogP contribution in [0.3, 0.4) is 0 Å². The van der Waals surface area contributed by atoms with Crippen molar-refractivity contribution in [2.75, 3.05) is 26.4 Å². The first-order chi connectivity index (χ1) is 8.19. The van der Waals surface area contributed by atoms with Crippen molar-refractivity contribution in [3.63, 3.8) is 0 Å². The summed E-state index contributed by atoms with van der Waals surface area (Å²) in [6.45, 7) is 7.74. The second-order valence-electron chi connectivity index (χ2n) is 4.10. The molecule has 0 heterocycles. The van der Waals surface area contributed by atoms with Crippen molar-refractivity contribution in [3.8, 4) is 5.75 Å². The molecule has 3 nitrogen and oxygen atoms in total. The highest BCUT2D eigenvalue weighted by atomic mass is 16.5. The van der Waals surface area contributed by atoms with Crippen LogP contribution in [-0.2, 0) is 11.2 Å². The number of aryl methyl sites for hydroxylation is 3. The van der Waals surface area contributed by atoms with Gasteiger partial charge >= 0.3 is 0 Å². The first-order valence-electron chi connectivity index (χ1n) is 6.10. The largest absolute Gasteiger partial charge is 0.491 e. The molecule has 0 unspecified atom stereocenters. The minimum absolute atomic E-state index is 0.0588. The Labute approximate surface area is 103 Å². The highest BCUT2D eigenvalue weighted by molar-refractivity contribution is 5.43. The zero-order chi connectivity index (χ0) is 12.7. The smallest absolute Gasteiger partial charge is 0.125 e. The van der Waals surface area contributed by atoms with Gasteiger partial charge in [-0.3, -0.25) is 0 Å². The molecule has 3 heteroatoms. The van der Waals surface area contributed by atoms with Gasteiger partial charge in [0, 0.05) is 0 Å². The van der Waals surface area contributed by atoms with Crippen molar-refractivity contribution in [2.45, 2.75) is 27.2 Å². The van der Waals surface area contributed by atoms with Crippen LogP contribution in [0.4, 0.5) is 0 Å². The number of aliphatic hydroxyl groups is 1. The van der Waals surface area contributed by atoms with Crippen LogP contribution < -0.4 is 4.74 Å². The maximum atomic E-state index is 8.56. The highest BCUT2D eigenvalue weighted by Gasteiger charge is 2.05. The van der Waals surface area contributed by atoms with Gasteiger partial charge in [-0.05, 0) is 37.0 Å². The molecule has 0 aromatic heterocycles. The molecule has 0 spiro atoms. The molecule has 0 fully saturated rings. The summed E-state index contributed by atoms with van der Waals surface area (Å²) >= 11 is 0. The summed E-state index contributed by atoms with van der Waals surface area (Å²) in [4.78, 5) is 0. The Morgan fingerprint density at radius 3 is 2.24 bits per heavy atom. The Kier molecular flexibility index (Phi) is 6.01. The van der Waals surface area contributed by atoms with Gasteiger partial charge in [0.2, 0.25) is 0 Å². The third-order valence-corrected chi connectivity index (χ3v) is 2.64. The van der Waals surface area contributed by atoms with Gasteiger partial charge in [-0.2, -0.15) is 0 Å². The third kappa shape index (κ3) is 4.36. The fourth-order valence-electron chi connectivity index (χ4n) is 1.84. The standard InChI is InChI=1S/C14H22O3/c1-4-13-9-11(2)14(12(3)10-13)17-8-7-16-6-5-15/h9-10,15H,4-8H2,1-3H3. The topological polar surface area (TPSA) is 38.7 Å². The Morgan fingerprint density at radius 1 is 1.06 bits per heavy atom. The average molecular weight is 238 g/mol. The van der Waals surface area contributed by atoms with E-state index in [1.54, 1.807) is 0 Å². The van der Waals surface area contributed by atoms with E-state index in [9.17, 15) is 0 Å². The molecule has 0 aliphatic carbocycles. The maximum absolute atomic E-state index is 8.56. The van der Waals surface area contributed by atoms with Gasteiger partial charge in [0.25, 0.3) is 0 Å². The molecule has 1 rings (SSSR count). The zero-order valence-electron chi connectivity index (χ0n) is 11.0. The zero-order valence-corrected chi connectivity index (χ0v) is 11.0. The van der Waals surface area contributed by atoms with Crippen molar-refractivity contribution in [1.29, 1.82) is 0 Å². The fraction of sp³-hybridized carbons (Fsp3) is 0.571. The summed E-state index contributed by atoms with van der Waals surface area (Å²) in [6.07, 6.45) is 1.04. The first-order valence-corrected chi connectivity index (χ1v) is 6.10. The Bertz CT molecular complexity index is 324. The SMILES string of the molecule is CCc1cc(C)c(OCCOCCO)c(C)c1. The van der Waals surface area contributed by atoms with E-state index in [1.165, 1.54) is 16.7 Å². The summed E-state index contributed by atoms with van der Waals surface area (Å²) < 4.78 is 10.9. The number of rotatable bonds is 7. The lowest BCUT2D eigenvalue weighted by Crippen LogP contribution is -2.10. The molecule has 0 aliphatic rings. The monoisotopic (exact) mass is 238 g/mol. The molecule has 1 aromatic rings. The second-order valence-corrected chi connectivity index (χ2v) is 4.10. The minimum Gasteiger partial charge on any atom is -0.491 e. The van der Waals surface area contributed by atoms with Gasteiger partial charge in [-0.15, -0.1) is 0 Å². The second kappa shape index (κ2) is 7.30. The molecule has 1 aromatic carbocycles. The normalized spacial score (nSPS) is 10.6. The van der Waals surface area contributed by atoms with Crippen molar-refractivity contribution in [1.82, 2.24) is 0 Å². The molecular weight excluding hydrogens is 216 g/mol. The molecule has 17 heavy (non-hydrogen) atoms. The van der Waals surface area contributed by atoms with Crippen LogP contribution in [0.1, 0.15) is 23.6 Å². The van der Waals surface area contributed by atoms with Crippen LogP contribution in [0, 0.1) is 13.8 Å². The van der Waals surface area contributed by atoms with Crippen LogP contribution in [0.5, 0.6) is 5.75 Å². The first kappa shape index (κ1) is 14.0. The Morgan fingerprint density at radius 2 is 1.71 bits per heavy atom. The minimum atomic E-state index is 0.0588. The van der Waals surface area contributed by atoms with Gasteiger partial charge in [-0.1, -0.05) is 19.1 Å². The van der Waals surface area contributed by atoms with E-state index in [2.05, 4.69) is 32.9 Å². The van der Waals surface area contributed by atoms with Crippen LogP contribution in [0.25, 0.3) is 0 Å². The molecule has 0 radical (unpaired) electrons. The van der Waals surface area contributed by atoms with Crippen molar-refractivity contribution in [3.05, 3.63) is 28.8 Å². The van der Waals surface area contributed by atoms with Crippen molar-refractivity contribution < 1.29 is 14.6 Å². The lowest BCUT2D eigenvalue weighted by molar-refractivity contribution is 0.0702. The summed E-state index contributed by atoms with van der Waals surface area (Å²) in [7, 11) is 0. The molecule has 0 bridgehead atoms. The molecular formula is C14H22O3. The summed E-state index contributed by atoms with van der Waals surface area (Å²) in [5, 5.41) is 8.56. The van der Waals surface area contributed by atoms with E-state index in [-0.39, 0.29) is 6.61 Å². The van der Waals surface area contributed by atoms with Gasteiger partial charge < -0.3 is 14.6 Å². The molecule has 0 amide bonds. The number of ether oxygens (including phenoxy) is 2. The van der Waals surface area contributed by atoms with E-state index in [1.807, 2.05) is 0 Å². The lowest BCUT2D eigenvalue weighted by atomic mass is 10.0.